The standard InChI is InChI=1S/C17H17F2N3O2S/c1-11-2-4-12(5-3-11)16-10-15(17(18)19)21-22(16)13-6-8-14(9-7-13)25(20,23)24/h2-9,16-17H,10H2,1H3,(H2,20,23,24). The van der Waals surface area contributed by atoms with Gasteiger partial charge in [-0.05, 0) is 36.8 Å². The van der Waals surface area contributed by atoms with Crippen molar-refractivity contribution >= 4 is 21.4 Å². The Hall–Kier alpha value is -2.32. The third-order valence-corrected chi connectivity index (χ3v) is 5.01. The predicted molar refractivity (Wildman–Crippen MR) is 92.3 cm³/mol. The zero-order valence-corrected chi connectivity index (χ0v) is 14.2. The van der Waals surface area contributed by atoms with Crippen molar-refractivity contribution in [1.29, 1.82) is 0 Å². The average Bonchev–Trinajstić information content (AvgIpc) is 3.00. The summed E-state index contributed by atoms with van der Waals surface area (Å²) in [6, 6.07) is 12.9. The lowest BCUT2D eigenvalue weighted by Gasteiger charge is -2.24. The number of primary sulfonamides is 1. The van der Waals surface area contributed by atoms with Crippen molar-refractivity contribution in [3.63, 3.8) is 0 Å². The van der Waals surface area contributed by atoms with Crippen LogP contribution in [0.4, 0.5) is 14.5 Å². The zero-order chi connectivity index (χ0) is 18.2. The van der Waals surface area contributed by atoms with Crippen LogP contribution in [-0.2, 0) is 10.0 Å². The van der Waals surface area contributed by atoms with Gasteiger partial charge in [0.2, 0.25) is 10.0 Å². The number of anilines is 1. The van der Waals surface area contributed by atoms with Gasteiger partial charge in [-0.1, -0.05) is 29.8 Å². The van der Waals surface area contributed by atoms with Crippen molar-refractivity contribution in [3.05, 3.63) is 59.7 Å². The Morgan fingerprint density at radius 2 is 1.72 bits per heavy atom. The molecule has 5 nitrogen and oxygen atoms in total. The highest BCUT2D eigenvalue weighted by Gasteiger charge is 2.33. The summed E-state index contributed by atoms with van der Waals surface area (Å²) in [5, 5.41) is 10.6. The third-order valence-electron chi connectivity index (χ3n) is 4.08. The summed E-state index contributed by atoms with van der Waals surface area (Å²) in [5.74, 6) is 0. The van der Waals surface area contributed by atoms with Gasteiger partial charge in [0.15, 0.2) is 0 Å². The van der Waals surface area contributed by atoms with Gasteiger partial charge in [-0.3, -0.25) is 5.01 Å². The van der Waals surface area contributed by atoms with E-state index in [0.29, 0.717) is 5.69 Å². The van der Waals surface area contributed by atoms with Crippen LogP contribution >= 0.6 is 0 Å². The van der Waals surface area contributed by atoms with Gasteiger partial charge in [0, 0.05) is 6.42 Å². The maximum absolute atomic E-state index is 13.1. The first-order valence-corrected chi connectivity index (χ1v) is 9.14. The molecule has 0 amide bonds. The van der Waals surface area contributed by atoms with Gasteiger partial charge in [-0.2, -0.15) is 5.10 Å². The number of rotatable bonds is 4. The van der Waals surface area contributed by atoms with Crippen molar-refractivity contribution in [2.45, 2.75) is 30.7 Å². The number of aryl methyl sites for hydroxylation is 1. The van der Waals surface area contributed by atoms with E-state index in [9.17, 15) is 17.2 Å². The molecule has 0 aliphatic carbocycles. The van der Waals surface area contributed by atoms with Crippen LogP contribution in [0.3, 0.4) is 0 Å². The number of nitrogens with zero attached hydrogens (tertiary/aromatic N) is 2. The maximum Gasteiger partial charge on any atom is 0.278 e. The lowest BCUT2D eigenvalue weighted by Crippen LogP contribution is -2.19. The van der Waals surface area contributed by atoms with E-state index in [1.165, 1.54) is 29.3 Å². The number of benzene rings is 2. The van der Waals surface area contributed by atoms with Crippen molar-refractivity contribution < 1.29 is 17.2 Å². The molecule has 0 saturated carbocycles. The Labute approximate surface area is 144 Å². The van der Waals surface area contributed by atoms with Crippen LogP contribution in [0, 0.1) is 6.92 Å². The summed E-state index contributed by atoms with van der Waals surface area (Å²) < 4.78 is 49.0. The Balaban J connectivity index is 1.98. The highest BCUT2D eigenvalue weighted by atomic mass is 32.2. The van der Waals surface area contributed by atoms with Crippen LogP contribution in [0.5, 0.6) is 0 Å². The molecular formula is C17H17F2N3O2S. The molecule has 2 aromatic carbocycles. The summed E-state index contributed by atoms with van der Waals surface area (Å²) in [7, 11) is -3.81. The van der Waals surface area contributed by atoms with Crippen molar-refractivity contribution in [2.75, 3.05) is 5.01 Å². The summed E-state index contributed by atoms with van der Waals surface area (Å²) >= 11 is 0. The minimum absolute atomic E-state index is 0.0413. The molecule has 0 saturated heterocycles. The monoisotopic (exact) mass is 365 g/mol. The van der Waals surface area contributed by atoms with Gasteiger partial charge in [-0.15, -0.1) is 0 Å². The fraction of sp³-hybridized carbons (Fsp3) is 0.235. The minimum Gasteiger partial charge on any atom is -0.258 e. The number of sulfonamides is 1. The summed E-state index contributed by atoms with van der Waals surface area (Å²) in [5.41, 5.74) is 2.26. The highest BCUT2D eigenvalue weighted by Crippen LogP contribution is 2.36. The highest BCUT2D eigenvalue weighted by molar-refractivity contribution is 7.89. The molecule has 1 atom stereocenters. The van der Waals surface area contributed by atoms with E-state index in [4.69, 9.17) is 5.14 Å². The van der Waals surface area contributed by atoms with Gasteiger partial charge in [0.05, 0.1) is 16.6 Å². The van der Waals surface area contributed by atoms with Gasteiger partial charge >= 0.3 is 0 Å². The Kier molecular flexibility index (Phi) is 4.57. The van der Waals surface area contributed by atoms with E-state index >= 15 is 0 Å². The lowest BCUT2D eigenvalue weighted by molar-refractivity contribution is 0.223. The Morgan fingerprint density at radius 1 is 1.12 bits per heavy atom. The molecule has 8 heteroatoms. The van der Waals surface area contributed by atoms with Crippen LogP contribution in [-0.4, -0.2) is 20.6 Å². The first-order valence-electron chi connectivity index (χ1n) is 7.60. The van der Waals surface area contributed by atoms with Crippen molar-refractivity contribution in [1.82, 2.24) is 0 Å². The van der Waals surface area contributed by atoms with Gasteiger partial charge < -0.3 is 0 Å². The zero-order valence-electron chi connectivity index (χ0n) is 13.4. The van der Waals surface area contributed by atoms with E-state index in [1.54, 1.807) is 0 Å². The summed E-state index contributed by atoms with van der Waals surface area (Å²) in [6.45, 7) is 1.95. The number of alkyl halides is 2. The fourth-order valence-electron chi connectivity index (χ4n) is 2.74. The number of hydrogen-bond donors (Lipinski definition) is 1. The van der Waals surface area contributed by atoms with Crippen LogP contribution in [0.15, 0.2) is 58.5 Å². The molecule has 1 unspecified atom stereocenters. The Bertz CT molecular complexity index is 894. The molecule has 1 heterocycles. The van der Waals surface area contributed by atoms with E-state index in [2.05, 4.69) is 5.10 Å². The number of hydrazone groups is 1. The largest absolute Gasteiger partial charge is 0.278 e. The average molecular weight is 365 g/mol. The predicted octanol–water partition coefficient (Wildman–Crippen LogP) is 3.21. The SMILES string of the molecule is Cc1ccc(C2CC(C(F)F)=NN2c2ccc(S(N)(=O)=O)cc2)cc1. The smallest absolute Gasteiger partial charge is 0.258 e. The molecular weight excluding hydrogens is 348 g/mol. The first-order chi connectivity index (χ1) is 11.8. The normalized spacial score (nSPS) is 17.9. The van der Waals surface area contributed by atoms with E-state index in [0.717, 1.165) is 11.1 Å². The van der Waals surface area contributed by atoms with Crippen LogP contribution in [0.2, 0.25) is 0 Å². The molecule has 2 aromatic rings. The molecule has 0 bridgehead atoms. The van der Waals surface area contributed by atoms with Crippen LogP contribution < -0.4 is 10.1 Å². The molecule has 132 valence electrons. The van der Waals surface area contributed by atoms with Gasteiger partial charge in [0.1, 0.15) is 5.71 Å². The molecule has 0 aromatic heterocycles. The van der Waals surface area contributed by atoms with Crippen LogP contribution in [0.1, 0.15) is 23.6 Å². The molecule has 2 N–H and O–H groups in total. The molecule has 0 spiro atoms. The van der Waals surface area contributed by atoms with Crippen LogP contribution in [0.25, 0.3) is 0 Å². The maximum atomic E-state index is 13.1. The van der Waals surface area contributed by atoms with Crippen molar-refractivity contribution in [2.24, 2.45) is 10.2 Å². The fourth-order valence-corrected chi connectivity index (χ4v) is 3.26. The molecule has 0 radical (unpaired) electrons. The van der Waals surface area contributed by atoms with E-state index in [-0.39, 0.29) is 23.1 Å². The van der Waals surface area contributed by atoms with Gasteiger partial charge in [-0.25, -0.2) is 22.3 Å². The number of halogens is 2. The lowest BCUT2D eigenvalue weighted by atomic mass is 10.0. The molecule has 25 heavy (non-hydrogen) atoms. The second-order valence-corrected chi connectivity index (χ2v) is 7.47. The van der Waals surface area contributed by atoms with E-state index in [1.807, 2.05) is 31.2 Å². The Morgan fingerprint density at radius 3 is 2.24 bits per heavy atom. The second kappa shape index (κ2) is 6.53. The van der Waals surface area contributed by atoms with Gasteiger partial charge in [0.25, 0.3) is 6.43 Å². The molecule has 1 aliphatic heterocycles. The van der Waals surface area contributed by atoms with Crippen molar-refractivity contribution in [3.8, 4) is 0 Å². The van der Waals surface area contributed by atoms with E-state index < -0.39 is 16.4 Å². The molecule has 3 rings (SSSR count). The summed E-state index contributed by atoms with van der Waals surface area (Å²) in [6.07, 6.45) is -2.53. The number of nitrogens with two attached hydrogens (primary N) is 1. The topological polar surface area (TPSA) is 75.8 Å². The molecule has 1 aliphatic rings. The molecule has 0 fully saturated rings. The minimum atomic E-state index is -3.81. The number of hydrogen-bond acceptors (Lipinski definition) is 4. The third kappa shape index (κ3) is 3.69. The second-order valence-electron chi connectivity index (χ2n) is 5.91. The first kappa shape index (κ1) is 17.5. The quantitative estimate of drug-likeness (QED) is 0.904. The summed E-state index contributed by atoms with van der Waals surface area (Å²) in [4.78, 5) is -0.0413.